The molecule has 3 rings (SSSR count). The first-order valence-corrected chi connectivity index (χ1v) is 8.41. The van der Waals surface area contributed by atoms with Gasteiger partial charge in [-0.3, -0.25) is 4.79 Å². The Kier molecular flexibility index (Phi) is 5.11. The highest BCUT2D eigenvalue weighted by atomic mass is 16.2. The topological polar surface area (TPSA) is 48.5 Å². The van der Waals surface area contributed by atoms with E-state index in [1.807, 2.05) is 66.4 Å². The van der Waals surface area contributed by atoms with Crippen LogP contribution in [-0.2, 0) is 0 Å². The minimum Gasteiger partial charge on any atom is -0.334 e. The summed E-state index contributed by atoms with van der Waals surface area (Å²) in [4.78, 5) is 21.2. The number of carbonyl (C=O) groups is 1. The second-order valence-electron chi connectivity index (χ2n) is 6.15. The van der Waals surface area contributed by atoms with Gasteiger partial charge in [-0.25, -0.2) is 4.98 Å². The smallest absolute Gasteiger partial charge is 0.255 e. The number of amides is 1. The molecule has 1 amide bonds. The maximum absolute atomic E-state index is 12.7. The van der Waals surface area contributed by atoms with Gasteiger partial charge in [0.15, 0.2) is 0 Å². The largest absolute Gasteiger partial charge is 0.334 e. The second-order valence-corrected chi connectivity index (χ2v) is 6.15. The number of para-hydroxylation sites is 1. The van der Waals surface area contributed by atoms with Gasteiger partial charge in [-0.2, -0.15) is 0 Å². The maximum Gasteiger partial charge on any atom is 0.255 e. The van der Waals surface area contributed by atoms with Crippen LogP contribution in [-0.4, -0.2) is 49.0 Å². The van der Waals surface area contributed by atoms with Gasteiger partial charge < -0.3 is 15.1 Å². The van der Waals surface area contributed by atoms with E-state index < -0.39 is 0 Å². The van der Waals surface area contributed by atoms with Crippen molar-refractivity contribution in [1.29, 1.82) is 0 Å². The van der Waals surface area contributed by atoms with Crippen molar-refractivity contribution in [2.45, 2.75) is 18.9 Å². The fraction of sp³-hybridized carbons (Fsp3) is 0.368. The van der Waals surface area contributed by atoms with E-state index in [1.165, 1.54) is 0 Å². The Morgan fingerprint density at radius 2 is 2.08 bits per heavy atom. The summed E-state index contributed by atoms with van der Waals surface area (Å²) >= 11 is 0. The van der Waals surface area contributed by atoms with Crippen molar-refractivity contribution in [3.05, 3.63) is 54.2 Å². The van der Waals surface area contributed by atoms with E-state index in [-0.39, 0.29) is 11.9 Å². The van der Waals surface area contributed by atoms with Gasteiger partial charge in [-0.05, 0) is 44.2 Å². The molecule has 5 heteroatoms. The van der Waals surface area contributed by atoms with Crippen molar-refractivity contribution >= 4 is 17.4 Å². The average Bonchev–Trinajstić information content (AvgIpc) is 3.10. The molecule has 1 aliphatic heterocycles. The third-order valence-electron chi connectivity index (χ3n) is 4.56. The normalized spacial score (nSPS) is 17.1. The molecule has 1 aromatic heterocycles. The monoisotopic (exact) mass is 324 g/mol. The van der Waals surface area contributed by atoms with E-state index in [0.29, 0.717) is 5.56 Å². The molecule has 0 aliphatic carbocycles. The van der Waals surface area contributed by atoms with E-state index in [9.17, 15) is 4.79 Å². The van der Waals surface area contributed by atoms with Crippen LogP contribution < -0.4 is 10.2 Å². The number of benzene rings is 1. The summed E-state index contributed by atoms with van der Waals surface area (Å²) in [5.41, 5.74) is 1.72. The number of anilines is 2. The van der Waals surface area contributed by atoms with Gasteiger partial charge in [0.25, 0.3) is 5.91 Å². The number of nitrogens with one attached hydrogen (secondary N) is 1. The highest BCUT2D eigenvalue weighted by Gasteiger charge is 2.28. The quantitative estimate of drug-likeness (QED) is 0.919. The van der Waals surface area contributed by atoms with Gasteiger partial charge in [0.1, 0.15) is 5.82 Å². The number of pyridine rings is 1. The summed E-state index contributed by atoms with van der Waals surface area (Å²) in [7, 11) is 3.90. The summed E-state index contributed by atoms with van der Waals surface area (Å²) in [6, 6.07) is 14.1. The lowest BCUT2D eigenvalue weighted by atomic mass is 10.2. The van der Waals surface area contributed by atoms with Gasteiger partial charge in [0.05, 0.1) is 5.56 Å². The summed E-state index contributed by atoms with van der Waals surface area (Å²) in [5.74, 6) is 0.903. The molecular weight excluding hydrogens is 300 g/mol. The Balaban J connectivity index is 1.73. The number of carbonyl (C=O) groups excluding carboxylic acids is 1. The first-order valence-electron chi connectivity index (χ1n) is 8.41. The van der Waals surface area contributed by atoms with E-state index in [2.05, 4.69) is 10.3 Å². The number of hydrogen-bond donors (Lipinski definition) is 1. The zero-order chi connectivity index (χ0) is 16.9. The Labute approximate surface area is 143 Å². The van der Waals surface area contributed by atoms with Crippen LogP contribution in [0.2, 0.25) is 0 Å². The molecule has 5 nitrogen and oxygen atoms in total. The van der Waals surface area contributed by atoms with Gasteiger partial charge in [-0.15, -0.1) is 0 Å². The van der Waals surface area contributed by atoms with Crippen molar-refractivity contribution in [2.24, 2.45) is 0 Å². The first-order chi connectivity index (χ1) is 11.7. The standard InChI is InChI=1S/C19H24N4O/c1-20-14-17-9-6-12-23(17)19(24)15-10-11-18(21-13-15)22(2)16-7-4-3-5-8-16/h3-5,7-8,10-11,13,17,20H,6,9,12,14H2,1-2H3. The molecule has 1 unspecified atom stereocenters. The van der Waals surface area contributed by atoms with Crippen LogP contribution in [0.3, 0.4) is 0 Å². The molecule has 2 heterocycles. The molecule has 1 fully saturated rings. The minimum absolute atomic E-state index is 0.0779. The number of likely N-dealkylation sites (N-methyl/N-ethyl adjacent to an activating group) is 1. The third kappa shape index (κ3) is 3.41. The number of rotatable bonds is 5. The van der Waals surface area contributed by atoms with E-state index in [4.69, 9.17) is 0 Å². The average molecular weight is 324 g/mol. The highest BCUT2D eigenvalue weighted by Crippen LogP contribution is 2.23. The molecule has 2 aromatic rings. The predicted molar refractivity (Wildman–Crippen MR) is 96.7 cm³/mol. The van der Waals surface area contributed by atoms with Crippen LogP contribution in [0, 0.1) is 0 Å². The summed E-state index contributed by atoms with van der Waals surface area (Å²) in [6.07, 6.45) is 3.82. The second kappa shape index (κ2) is 7.45. The first kappa shape index (κ1) is 16.5. The maximum atomic E-state index is 12.7. The molecule has 1 atom stereocenters. The van der Waals surface area contributed by atoms with Crippen LogP contribution in [0.25, 0.3) is 0 Å². The van der Waals surface area contributed by atoms with Crippen molar-refractivity contribution in [1.82, 2.24) is 15.2 Å². The van der Waals surface area contributed by atoms with Crippen molar-refractivity contribution < 1.29 is 4.79 Å². The van der Waals surface area contributed by atoms with E-state index >= 15 is 0 Å². The SMILES string of the molecule is CNCC1CCCN1C(=O)c1ccc(N(C)c2ccccc2)nc1. The summed E-state index contributed by atoms with van der Waals surface area (Å²) in [6.45, 7) is 1.67. The fourth-order valence-electron chi connectivity index (χ4n) is 3.21. The van der Waals surface area contributed by atoms with Crippen LogP contribution in [0.15, 0.2) is 48.7 Å². The van der Waals surface area contributed by atoms with Gasteiger partial charge in [0.2, 0.25) is 0 Å². The van der Waals surface area contributed by atoms with Crippen molar-refractivity contribution in [3.63, 3.8) is 0 Å². The van der Waals surface area contributed by atoms with Crippen LogP contribution >= 0.6 is 0 Å². The molecule has 0 spiro atoms. The summed E-state index contributed by atoms with van der Waals surface area (Å²) < 4.78 is 0. The molecular formula is C19H24N4O. The highest BCUT2D eigenvalue weighted by molar-refractivity contribution is 5.94. The predicted octanol–water partition coefficient (Wildman–Crippen LogP) is 2.67. The van der Waals surface area contributed by atoms with Gasteiger partial charge >= 0.3 is 0 Å². The lowest BCUT2D eigenvalue weighted by Crippen LogP contribution is -2.40. The van der Waals surface area contributed by atoms with Crippen LogP contribution in [0.4, 0.5) is 11.5 Å². The van der Waals surface area contributed by atoms with E-state index in [1.54, 1.807) is 6.20 Å². The molecule has 1 aromatic carbocycles. The molecule has 0 radical (unpaired) electrons. The van der Waals surface area contributed by atoms with Crippen LogP contribution in [0.1, 0.15) is 23.2 Å². The Morgan fingerprint density at radius 3 is 2.75 bits per heavy atom. The number of likely N-dealkylation sites (tertiary alicyclic amines) is 1. The third-order valence-corrected chi connectivity index (χ3v) is 4.56. The Hall–Kier alpha value is -2.40. The molecule has 0 bridgehead atoms. The van der Waals surface area contributed by atoms with Crippen LogP contribution in [0.5, 0.6) is 0 Å². The molecule has 1 saturated heterocycles. The zero-order valence-electron chi connectivity index (χ0n) is 14.3. The van der Waals surface area contributed by atoms with E-state index in [0.717, 1.165) is 37.4 Å². The molecule has 1 N–H and O–H groups in total. The minimum atomic E-state index is 0.0779. The fourth-order valence-corrected chi connectivity index (χ4v) is 3.21. The molecule has 126 valence electrons. The number of aromatic nitrogens is 1. The van der Waals surface area contributed by atoms with Gasteiger partial charge in [0, 0.05) is 38.1 Å². The number of hydrogen-bond acceptors (Lipinski definition) is 4. The Bertz CT molecular complexity index is 672. The van der Waals surface area contributed by atoms with Crippen molar-refractivity contribution in [3.8, 4) is 0 Å². The lowest BCUT2D eigenvalue weighted by molar-refractivity contribution is 0.0736. The molecule has 1 aliphatic rings. The Morgan fingerprint density at radius 1 is 1.29 bits per heavy atom. The number of nitrogens with zero attached hydrogens (tertiary/aromatic N) is 3. The molecule has 24 heavy (non-hydrogen) atoms. The van der Waals surface area contributed by atoms with Gasteiger partial charge in [-0.1, -0.05) is 18.2 Å². The molecule has 0 saturated carbocycles. The zero-order valence-corrected chi connectivity index (χ0v) is 14.3. The summed E-state index contributed by atoms with van der Waals surface area (Å²) in [5, 5.41) is 3.17. The van der Waals surface area contributed by atoms with Crippen molar-refractivity contribution in [2.75, 3.05) is 32.1 Å². The lowest BCUT2D eigenvalue weighted by Gasteiger charge is -2.25.